The molecule has 1 aromatic heterocycles. The quantitative estimate of drug-likeness (QED) is 0.638. The third kappa shape index (κ3) is 4.47. The molecule has 6 heteroatoms. The fourth-order valence-electron chi connectivity index (χ4n) is 4.27. The van der Waals surface area contributed by atoms with Crippen molar-refractivity contribution in [2.45, 2.75) is 25.9 Å². The molecule has 0 saturated carbocycles. The molecule has 0 atom stereocenters. The van der Waals surface area contributed by atoms with Crippen LogP contribution < -0.4 is 10.1 Å². The van der Waals surface area contributed by atoms with E-state index in [1.54, 1.807) is 7.11 Å². The number of nitrogens with zero attached hydrogens (tertiary/aromatic N) is 2. The zero-order valence-corrected chi connectivity index (χ0v) is 18.3. The summed E-state index contributed by atoms with van der Waals surface area (Å²) >= 11 is 6.18. The molecule has 158 valence electrons. The van der Waals surface area contributed by atoms with E-state index in [1.165, 1.54) is 16.5 Å². The highest BCUT2D eigenvalue weighted by atomic mass is 35.5. The van der Waals surface area contributed by atoms with Gasteiger partial charge in [-0.15, -0.1) is 0 Å². The summed E-state index contributed by atoms with van der Waals surface area (Å²) in [5.41, 5.74) is 3.46. The minimum atomic E-state index is 0.0661. The molecule has 0 unspecified atom stereocenters. The Morgan fingerprint density at radius 2 is 1.93 bits per heavy atom. The maximum Gasteiger partial charge on any atom is 0.223 e. The van der Waals surface area contributed by atoms with E-state index in [-0.39, 0.29) is 11.8 Å². The van der Waals surface area contributed by atoms with Crippen molar-refractivity contribution in [1.82, 2.24) is 14.8 Å². The average molecular weight is 426 g/mol. The highest BCUT2D eigenvalue weighted by molar-refractivity contribution is 6.31. The van der Waals surface area contributed by atoms with Gasteiger partial charge in [0.25, 0.3) is 0 Å². The summed E-state index contributed by atoms with van der Waals surface area (Å²) in [6.45, 7) is 3.21. The Morgan fingerprint density at radius 3 is 2.67 bits per heavy atom. The van der Waals surface area contributed by atoms with Crippen molar-refractivity contribution in [2.24, 2.45) is 13.0 Å². The summed E-state index contributed by atoms with van der Waals surface area (Å²) < 4.78 is 7.57. The van der Waals surface area contributed by atoms with Crippen LogP contribution >= 0.6 is 11.6 Å². The monoisotopic (exact) mass is 425 g/mol. The Kier molecular flexibility index (Phi) is 6.30. The fourth-order valence-corrected chi connectivity index (χ4v) is 4.47. The highest BCUT2D eigenvalue weighted by Gasteiger charge is 2.25. The van der Waals surface area contributed by atoms with E-state index < -0.39 is 0 Å². The first-order chi connectivity index (χ1) is 14.5. The SMILES string of the molecule is COc1ccc2c(c1)c(CN1CCC(C(=O)NCc3ccccc3Cl)CC1)cn2C. The minimum Gasteiger partial charge on any atom is -0.497 e. The lowest BCUT2D eigenvalue weighted by molar-refractivity contribution is -0.126. The molecule has 1 saturated heterocycles. The van der Waals surface area contributed by atoms with E-state index in [0.717, 1.165) is 43.8 Å². The highest BCUT2D eigenvalue weighted by Crippen LogP contribution is 2.28. The van der Waals surface area contributed by atoms with Gasteiger partial charge in [0, 0.05) is 48.2 Å². The van der Waals surface area contributed by atoms with Crippen LogP contribution in [-0.2, 0) is 24.9 Å². The number of fused-ring (bicyclic) bond motifs is 1. The van der Waals surface area contributed by atoms with Crippen LogP contribution in [0.1, 0.15) is 24.0 Å². The third-order valence-corrected chi connectivity index (χ3v) is 6.41. The Labute approximate surface area is 182 Å². The van der Waals surface area contributed by atoms with Crippen molar-refractivity contribution in [2.75, 3.05) is 20.2 Å². The molecule has 1 aliphatic rings. The van der Waals surface area contributed by atoms with E-state index >= 15 is 0 Å². The fraction of sp³-hybridized carbons (Fsp3) is 0.375. The Hall–Kier alpha value is -2.50. The van der Waals surface area contributed by atoms with E-state index in [0.29, 0.717) is 11.6 Å². The van der Waals surface area contributed by atoms with E-state index in [9.17, 15) is 4.79 Å². The number of rotatable bonds is 6. The van der Waals surface area contributed by atoms with Crippen LogP contribution in [0.5, 0.6) is 5.75 Å². The number of hydrogen-bond acceptors (Lipinski definition) is 3. The molecule has 4 rings (SSSR count). The number of carbonyl (C=O) groups excluding carboxylic acids is 1. The van der Waals surface area contributed by atoms with Gasteiger partial charge in [0.15, 0.2) is 0 Å². The van der Waals surface area contributed by atoms with E-state index in [4.69, 9.17) is 16.3 Å². The lowest BCUT2D eigenvalue weighted by Gasteiger charge is -2.31. The molecule has 0 spiro atoms. The van der Waals surface area contributed by atoms with Crippen molar-refractivity contribution in [1.29, 1.82) is 0 Å². The first kappa shape index (κ1) is 20.8. The number of ether oxygens (including phenoxy) is 1. The van der Waals surface area contributed by atoms with Gasteiger partial charge in [-0.2, -0.15) is 0 Å². The van der Waals surface area contributed by atoms with Gasteiger partial charge in [-0.1, -0.05) is 29.8 Å². The number of halogens is 1. The van der Waals surface area contributed by atoms with Crippen LogP contribution in [0, 0.1) is 5.92 Å². The molecule has 5 nitrogen and oxygen atoms in total. The smallest absolute Gasteiger partial charge is 0.223 e. The number of aryl methyl sites for hydroxylation is 1. The van der Waals surface area contributed by atoms with Crippen molar-refractivity contribution in [3.05, 3.63) is 64.8 Å². The molecule has 2 aromatic carbocycles. The van der Waals surface area contributed by atoms with Crippen LogP contribution in [0.3, 0.4) is 0 Å². The van der Waals surface area contributed by atoms with Gasteiger partial charge in [0.2, 0.25) is 5.91 Å². The standard InChI is InChI=1S/C24H28ClN3O2/c1-27-15-19(21-13-20(30-2)7-8-23(21)27)16-28-11-9-17(10-12-28)24(29)26-14-18-5-3-4-6-22(18)25/h3-8,13,15,17H,9-12,14,16H2,1-2H3,(H,26,29). The van der Waals surface area contributed by atoms with Gasteiger partial charge >= 0.3 is 0 Å². The predicted molar refractivity (Wildman–Crippen MR) is 121 cm³/mol. The topological polar surface area (TPSA) is 46.5 Å². The number of amides is 1. The summed E-state index contributed by atoms with van der Waals surface area (Å²) in [5, 5.41) is 4.98. The Morgan fingerprint density at radius 1 is 1.17 bits per heavy atom. The van der Waals surface area contributed by atoms with E-state index in [2.05, 4.69) is 40.2 Å². The molecule has 0 radical (unpaired) electrons. The molecule has 1 fully saturated rings. The minimum absolute atomic E-state index is 0.0661. The van der Waals surface area contributed by atoms with Gasteiger partial charge in [-0.25, -0.2) is 0 Å². The number of likely N-dealkylation sites (tertiary alicyclic amines) is 1. The number of methoxy groups -OCH3 is 1. The third-order valence-electron chi connectivity index (χ3n) is 6.04. The molecule has 1 aliphatic heterocycles. The van der Waals surface area contributed by atoms with Crippen molar-refractivity contribution in [3.63, 3.8) is 0 Å². The number of piperidine rings is 1. The van der Waals surface area contributed by atoms with Crippen molar-refractivity contribution >= 4 is 28.4 Å². The lowest BCUT2D eigenvalue weighted by atomic mass is 9.95. The van der Waals surface area contributed by atoms with E-state index in [1.807, 2.05) is 30.3 Å². The Bertz CT molecular complexity index is 1040. The zero-order chi connectivity index (χ0) is 21.1. The maximum absolute atomic E-state index is 12.6. The molecule has 30 heavy (non-hydrogen) atoms. The van der Waals surface area contributed by atoms with Gasteiger partial charge < -0.3 is 14.6 Å². The normalized spacial score (nSPS) is 15.4. The molecule has 0 aliphatic carbocycles. The summed E-state index contributed by atoms with van der Waals surface area (Å²) in [7, 11) is 3.78. The van der Waals surface area contributed by atoms with Gasteiger partial charge in [0.05, 0.1) is 7.11 Å². The van der Waals surface area contributed by atoms with Crippen LogP contribution in [-0.4, -0.2) is 35.6 Å². The molecule has 1 N–H and O–H groups in total. The Balaban J connectivity index is 1.33. The molecule has 2 heterocycles. The maximum atomic E-state index is 12.6. The van der Waals surface area contributed by atoms with Crippen molar-refractivity contribution < 1.29 is 9.53 Å². The second-order valence-electron chi connectivity index (χ2n) is 8.01. The molecular formula is C24H28ClN3O2. The number of benzene rings is 2. The van der Waals surface area contributed by atoms with Crippen LogP contribution in [0.4, 0.5) is 0 Å². The second-order valence-corrected chi connectivity index (χ2v) is 8.42. The van der Waals surface area contributed by atoms with Crippen LogP contribution in [0.2, 0.25) is 5.02 Å². The van der Waals surface area contributed by atoms with Crippen LogP contribution in [0.15, 0.2) is 48.7 Å². The molecule has 0 bridgehead atoms. The van der Waals surface area contributed by atoms with Gasteiger partial charge in [-0.3, -0.25) is 9.69 Å². The molecule has 1 amide bonds. The largest absolute Gasteiger partial charge is 0.497 e. The molecular weight excluding hydrogens is 398 g/mol. The number of hydrogen-bond donors (Lipinski definition) is 1. The first-order valence-electron chi connectivity index (χ1n) is 10.4. The summed E-state index contributed by atoms with van der Waals surface area (Å²) in [5.74, 6) is 1.07. The summed E-state index contributed by atoms with van der Waals surface area (Å²) in [6, 6.07) is 13.9. The number of carbonyl (C=O) groups is 1. The van der Waals surface area contributed by atoms with Gasteiger partial charge in [0.1, 0.15) is 5.75 Å². The number of nitrogens with one attached hydrogen (secondary N) is 1. The van der Waals surface area contributed by atoms with Crippen LogP contribution in [0.25, 0.3) is 10.9 Å². The second kappa shape index (κ2) is 9.11. The lowest BCUT2D eigenvalue weighted by Crippen LogP contribution is -2.40. The summed E-state index contributed by atoms with van der Waals surface area (Å²) in [6.07, 6.45) is 3.96. The average Bonchev–Trinajstić information content (AvgIpc) is 3.08. The predicted octanol–water partition coefficient (Wildman–Crippen LogP) is 4.37. The molecule has 3 aromatic rings. The summed E-state index contributed by atoms with van der Waals surface area (Å²) in [4.78, 5) is 15.0. The van der Waals surface area contributed by atoms with Gasteiger partial charge in [-0.05, 0) is 61.3 Å². The first-order valence-corrected chi connectivity index (χ1v) is 10.8. The van der Waals surface area contributed by atoms with Crippen molar-refractivity contribution in [3.8, 4) is 5.75 Å². The number of aromatic nitrogens is 1. The zero-order valence-electron chi connectivity index (χ0n) is 17.5.